The quantitative estimate of drug-likeness (QED) is 0.163. The minimum Gasteiger partial charge on any atom is -0.309 e. The molecule has 0 bridgehead atoms. The summed E-state index contributed by atoms with van der Waals surface area (Å²) in [4.78, 5) is 0. The third kappa shape index (κ3) is 4.53. The van der Waals surface area contributed by atoms with E-state index >= 15 is 0 Å². The van der Waals surface area contributed by atoms with Gasteiger partial charge in [-0.15, -0.1) is 11.3 Å². The third-order valence-electron chi connectivity index (χ3n) is 10.0. The van der Waals surface area contributed by atoms with Gasteiger partial charge in [0.05, 0.1) is 11.4 Å². The summed E-state index contributed by atoms with van der Waals surface area (Å²) in [5.41, 5.74) is 10.9. The van der Waals surface area contributed by atoms with Crippen molar-refractivity contribution in [2.45, 2.75) is 0 Å². The van der Waals surface area contributed by atoms with Gasteiger partial charge in [-0.05, 0) is 91.3 Å². The van der Waals surface area contributed by atoms with E-state index in [0.29, 0.717) is 0 Å². The van der Waals surface area contributed by atoms with E-state index in [1.807, 2.05) is 11.3 Å². The van der Waals surface area contributed by atoms with E-state index in [4.69, 9.17) is 0 Å². The lowest BCUT2D eigenvalue weighted by Crippen LogP contribution is -2.00. The van der Waals surface area contributed by atoms with Crippen LogP contribution < -0.4 is 0 Å². The molecule has 0 aliphatic carbocycles. The van der Waals surface area contributed by atoms with Gasteiger partial charge in [0.15, 0.2) is 0 Å². The van der Waals surface area contributed by atoms with Crippen LogP contribution in [0.25, 0.3) is 92.2 Å². The second kappa shape index (κ2) is 11.7. The zero-order chi connectivity index (χ0) is 33.0. The van der Waals surface area contributed by atoms with Crippen LogP contribution in [0.1, 0.15) is 0 Å². The van der Waals surface area contributed by atoms with Gasteiger partial charge in [0, 0.05) is 25.9 Å². The van der Waals surface area contributed by atoms with Crippen molar-refractivity contribution in [3.63, 3.8) is 0 Å². The second-order valence-corrected chi connectivity index (χ2v) is 13.9. The molecule has 0 spiro atoms. The van der Waals surface area contributed by atoms with Gasteiger partial charge in [-0.1, -0.05) is 152 Å². The molecule has 0 N–H and O–H groups in total. The molecular weight excluding hydrogens is 623 g/mol. The second-order valence-electron chi connectivity index (χ2n) is 12.8. The molecule has 234 valence electrons. The maximum Gasteiger partial charge on any atom is 0.0535 e. The van der Waals surface area contributed by atoms with Gasteiger partial charge in [-0.3, -0.25) is 0 Å². The first-order valence-corrected chi connectivity index (χ1v) is 17.9. The first-order valence-electron chi connectivity index (χ1n) is 17.1. The Morgan fingerprint density at radius 3 is 1.52 bits per heavy atom. The lowest BCUT2D eigenvalue weighted by molar-refractivity contribution is 1.10. The summed E-state index contributed by atoms with van der Waals surface area (Å²) in [5.74, 6) is 0. The van der Waals surface area contributed by atoms with Crippen molar-refractivity contribution in [2.75, 3.05) is 0 Å². The van der Waals surface area contributed by atoms with Crippen LogP contribution in [-0.4, -0.2) is 4.57 Å². The summed E-state index contributed by atoms with van der Waals surface area (Å²) in [6, 6.07) is 68.7. The van der Waals surface area contributed by atoms with E-state index in [-0.39, 0.29) is 0 Å². The minimum atomic E-state index is 1.14. The summed E-state index contributed by atoms with van der Waals surface area (Å²) in [6.45, 7) is 0. The molecule has 0 radical (unpaired) electrons. The van der Waals surface area contributed by atoms with Gasteiger partial charge in [-0.25, -0.2) is 0 Å². The number of rotatable bonds is 5. The summed E-state index contributed by atoms with van der Waals surface area (Å²) in [5, 5.41) is 7.67. The maximum absolute atomic E-state index is 2.43. The summed E-state index contributed by atoms with van der Waals surface area (Å²) >= 11 is 1.88. The van der Waals surface area contributed by atoms with E-state index in [2.05, 4.69) is 193 Å². The van der Waals surface area contributed by atoms with Crippen LogP contribution in [0.3, 0.4) is 0 Å². The molecule has 1 nitrogen and oxygen atoms in total. The number of aromatic nitrogens is 1. The highest BCUT2D eigenvalue weighted by atomic mass is 32.1. The Balaban J connectivity index is 1.35. The summed E-state index contributed by atoms with van der Waals surface area (Å²) < 4.78 is 5.07. The van der Waals surface area contributed by atoms with E-state index < -0.39 is 0 Å². The third-order valence-corrected chi connectivity index (χ3v) is 11.2. The van der Waals surface area contributed by atoms with E-state index in [0.717, 1.165) is 5.69 Å². The van der Waals surface area contributed by atoms with Crippen LogP contribution in [0.5, 0.6) is 0 Å². The molecule has 0 aliphatic rings. The number of fused-ring (bicyclic) bond motifs is 5. The van der Waals surface area contributed by atoms with Gasteiger partial charge >= 0.3 is 0 Å². The minimum absolute atomic E-state index is 1.14. The molecule has 8 aromatic carbocycles. The maximum atomic E-state index is 2.43. The van der Waals surface area contributed by atoms with Crippen molar-refractivity contribution < 1.29 is 0 Å². The molecule has 0 saturated carbocycles. The molecule has 0 fully saturated rings. The average Bonchev–Trinajstić information content (AvgIpc) is 3.80. The van der Waals surface area contributed by atoms with E-state index in [1.165, 1.54) is 86.5 Å². The molecule has 0 amide bonds. The lowest BCUT2D eigenvalue weighted by atomic mass is 9.84. The van der Waals surface area contributed by atoms with Gasteiger partial charge in [0.1, 0.15) is 0 Å². The standard InChI is InChI=1S/C48H31NS/c1-4-15-32(16-5-1)42-29-30-43(33-17-6-2-7-18-33)49(42)35-27-28-38-41(31-35)46(34-19-8-3-9-20-34)36-21-10-11-22-37(36)47(38)40-24-14-26-45-48(40)39-23-12-13-25-44(39)50-45/h1-31H. The molecule has 0 atom stereocenters. The van der Waals surface area contributed by atoms with Crippen molar-refractivity contribution >= 4 is 53.1 Å². The Bertz CT molecular complexity index is 2790. The number of hydrogen-bond donors (Lipinski definition) is 0. The normalized spacial score (nSPS) is 11.6. The van der Waals surface area contributed by atoms with Gasteiger partial charge in [0.25, 0.3) is 0 Å². The Kier molecular flexibility index (Phi) is 6.75. The van der Waals surface area contributed by atoms with Crippen molar-refractivity contribution in [2.24, 2.45) is 0 Å². The van der Waals surface area contributed by atoms with E-state index in [1.54, 1.807) is 0 Å². The van der Waals surface area contributed by atoms with Crippen molar-refractivity contribution in [3.8, 4) is 50.5 Å². The number of benzene rings is 8. The predicted molar refractivity (Wildman–Crippen MR) is 215 cm³/mol. The zero-order valence-corrected chi connectivity index (χ0v) is 28.1. The van der Waals surface area contributed by atoms with Gasteiger partial charge in [0.2, 0.25) is 0 Å². The number of nitrogens with zero attached hydrogens (tertiary/aromatic N) is 1. The molecular formula is C48H31NS. The van der Waals surface area contributed by atoms with Gasteiger partial charge < -0.3 is 4.57 Å². The van der Waals surface area contributed by atoms with Crippen LogP contribution in [-0.2, 0) is 0 Å². The highest BCUT2D eigenvalue weighted by molar-refractivity contribution is 7.25. The Labute approximate surface area is 295 Å². The summed E-state index contributed by atoms with van der Waals surface area (Å²) in [6.07, 6.45) is 0. The molecule has 50 heavy (non-hydrogen) atoms. The monoisotopic (exact) mass is 653 g/mol. The lowest BCUT2D eigenvalue weighted by Gasteiger charge is -2.21. The van der Waals surface area contributed by atoms with Crippen LogP contribution in [0.2, 0.25) is 0 Å². The Hall–Kier alpha value is -6.22. The fourth-order valence-electron chi connectivity index (χ4n) is 7.88. The molecule has 2 heterocycles. The van der Waals surface area contributed by atoms with Crippen LogP contribution in [0.15, 0.2) is 188 Å². The SMILES string of the molecule is c1ccc(-c2c3ccccc3c(-c3cccc4sc5ccccc5c34)c3ccc(-n4c(-c5ccccc5)ccc4-c4ccccc4)cc23)cc1. The predicted octanol–water partition coefficient (Wildman–Crippen LogP) is 13.8. The first-order chi connectivity index (χ1) is 24.8. The summed E-state index contributed by atoms with van der Waals surface area (Å²) in [7, 11) is 0. The van der Waals surface area contributed by atoms with Crippen LogP contribution in [0, 0.1) is 0 Å². The van der Waals surface area contributed by atoms with Crippen LogP contribution >= 0.6 is 11.3 Å². The average molecular weight is 654 g/mol. The Morgan fingerprint density at radius 1 is 0.340 bits per heavy atom. The number of hydrogen-bond acceptors (Lipinski definition) is 1. The molecule has 0 saturated heterocycles. The molecule has 0 unspecified atom stereocenters. The highest BCUT2D eigenvalue weighted by Crippen LogP contribution is 2.48. The zero-order valence-electron chi connectivity index (χ0n) is 27.3. The molecule has 10 rings (SSSR count). The fourth-order valence-corrected chi connectivity index (χ4v) is 9.01. The topological polar surface area (TPSA) is 4.93 Å². The highest BCUT2D eigenvalue weighted by Gasteiger charge is 2.21. The first kappa shape index (κ1) is 28.8. The largest absolute Gasteiger partial charge is 0.309 e. The van der Waals surface area contributed by atoms with Crippen LogP contribution in [0.4, 0.5) is 0 Å². The van der Waals surface area contributed by atoms with Crippen molar-refractivity contribution in [3.05, 3.63) is 188 Å². The van der Waals surface area contributed by atoms with Crippen molar-refractivity contribution in [1.82, 2.24) is 4.57 Å². The van der Waals surface area contributed by atoms with Gasteiger partial charge in [-0.2, -0.15) is 0 Å². The molecule has 10 aromatic rings. The fraction of sp³-hybridized carbons (Fsp3) is 0. The molecule has 2 heteroatoms. The van der Waals surface area contributed by atoms with Crippen molar-refractivity contribution in [1.29, 1.82) is 0 Å². The molecule has 0 aliphatic heterocycles. The Morgan fingerprint density at radius 2 is 0.860 bits per heavy atom. The van der Waals surface area contributed by atoms with E-state index in [9.17, 15) is 0 Å². The molecule has 2 aromatic heterocycles. The smallest absolute Gasteiger partial charge is 0.0535 e. The number of thiophene rings is 1.